The fourth-order valence-corrected chi connectivity index (χ4v) is 1.23. The van der Waals surface area contributed by atoms with Gasteiger partial charge in [-0.2, -0.15) is 0 Å². The molecule has 4 nitrogen and oxygen atoms in total. The number of carbonyl (C=O) groups is 1. The lowest BCUT2D eigenvalue weighted by molar-refractivity contribution is -0.120. The van der Waals surface area contributed by atoms with Crippen molar-refractivity contribution in [3.63, 3.8) is 0 Å². The number of ether oxygens (including phenoxy) is 1. The molecule has 0 spiro atoms. The van der Waals surface area contributed by atoms with Crippen molar-refractivity contribution in [2.45, 2.75) is 0 Å². The molecule has 0 atom stereocenters. The number of phenolic OH excluding ortho intramolecular Hbond substituents is 1. The zero-order valence-electron chi connectivity index (χ0n) is 7.18. The van der Waals surface area contributed by atoms with Crippen LogP contribution in [0, 0.1) is 0 Å². The second-order valence-corrected chi connectivity index (χ2v) is 2.71. The van der Waals surface area contributed by atoms with Crippen molar-refractivity contribution in [1.82, 2.24) is 4.98 Å². The van der Waals surface area contributed by atoms with E-state index in [2.05, 4.69) is 9.72 Å². The number of benzene rings is 1. The van der Waals surface area contributed by atoms with Crippen LogP contribution in [0.2, 0.25) is 0 Å². The highest BCUT2D eigenvalue weighted by Gasteiger charge is 2.02. The Labute approximate surface area is 79.8 Å². The van der Waals surface area contributed by atoms with Crippen molar-refractivity contribution in [2.24, 2.45) is 0 Å². The Morgan fingerprint density at radius 2 is 2.14 bits per heavy atom. The van der Waals surface area contributed by atoms with Crippen molar-refractivity contribution in [3.05, 3.63) is 30.3 Å². The van der Waals surface area contributed by atoms with Gasteiger partial charge < -0.3 is 9.84 Å². The lowest BCUT2D eigenvalue weighted by Crippen LogP contribution is -1.91. The summed E-state index contributed by atoms with van der Waals surface area (Å²) in [4.78, 5) is 14.0. The van der Waals surface area contributed by atoms with E-state index < -0.39 is 0 Å². The minimum atomic E-state index is 0.0684. The average molecular weight is 189 g/mol. The van der Waals surface area contributed by atoms with E-state index in [0.717, 1.165) is 5.39 Å². The summed E-state index contributed by atoms with van der Waals surface area (Å²) in [6.45, 7) is 0.300. The van der Waals surface area contributed by atoms with Gasteiger partial charge in [0.15, 0.2) is 0 Å². The van der Waals surface area contributed by atoms with E-state index in [-0.39, 0.29) is 11.6 Å². The second-order valence-electron chi connectivity index (χ2n) is 2.71. The summed E-state index contributed by atoms with van der Waals surface area (Å²) in [7, 11) is 0. The molecule has 0 saturated heterocycles. The van der Waals surface area contributed by atoms with E-state index in [1.807, 2.05) is 6.07 Å². The molecule has 0 saturated carbocycles. The molecule has 0 bridgehead atoms. The molecule has 2 rings (SSSR count). The van der Waals surface area contributed by atoms with Gasteiger partial charge in [0, 0.05) is 11.5 Å². The van der Waals surface area contributed by atoms with E-state index in [1.54, 1.807) is 18.2 Å². The van der Waals surface area contributed by atoms with Crippen LogP contribution < -0.4 is 4.74 Å². The number of hydrogen-bond acceptors (Lipinski definition) is 4. The number of pyridine rings is 1. The maximum absolute atomic E-state index is 10.1. The molecule has 0 amide bonds. The molecular weight excluding hydrogens is 182 g/mol. The number of phenols is 1. The average Bonchev–Trinajstić information content (AvgIpc) is 2.20. The molecule has 4 heteroatoms. The first-order valence-electron chi connectivity index (χ1n) is 4.00. The smallest absolute Gasteiger partial charge is 0.299 e. The van der Waals surface area contributed by atoms with Gasteiger partial charge in [0.05, 0.1) is 0 Å². The molecule has 1 N–H and O–H groups in total. The van der Waals surface area contributed by atoms with Crippen LogP contribution in [0.5, 0.6) is 11.6 Å². The first-order chi connectivity index (χ1) is 6.81. The van der Waals surface area contributed by atoms with Crippen molar-refractivity contribution in [2.75, 3.05) is 0 Å². The molecule has 0 radical (unpaired) electrons. The van der Waals surface area contributed by atoms with Gasteiger partial charge in [-0.15, -0.1) is 0 Å². The Morgan fingerprint density at radius 3 is 2.93 bits per heavy atom. The van der Waals surface area contributed by atoms with Crippen LogP contribution in [0.3, 0.4) is 0 Å². The molecule has 2 aromatic rings. The molecule has 0 aliphatic heterocycles. The minimum Gasteiger partial charge on any atom is -0.506 e. The topological polar surface area (TPSA) is 59.4 Å². The third-order valence-electron chi connectivity index (χ3n) is 1.84. The van der Waals surface area contributed by atoms with Crippen LogP contribution in [-0.4, -0.2) is 16.6 Å². The van der Waals surface area contributed by atoms with Gasteiger partial charge in [0.2, 0.25) is 5.88 Å². The van der Waals surface area contributed by atoms with Gasteiger partial charge in [-0.25, -0.2) is 4.98 Å². The zero-order chi connectivity index (χ0) is 9.97. The lowest BCUT2D eigenvalue weighted by atomic mass is 10.2. The summed E-state index contributed by atoms with van der Waals surface area (Å²) >= 11 is 0. The van der Waals surface area contributed by atoms with Gasteiger partial charge in [0.25, 0.3) is 6.47 Å². The Morgan fingerprint density at radius 1 is 1.29 bits per heavy atom. The maximum atomic E-state index is 10.1. The van der Waals surface area contributed by atoms with Crippen LogP contribution in [0.15, 0.2) is 30.3 Å². The number of carbonyl (C=O) groups excluding carboxylic acids is 1. The molecule has 1 aromatic heterocycles. The second kappa shape index (κ2) is 3.33. The van der Waals surface area contributed by atoms with Crippen LogP contribution in [0.25, 0.3) is 10.9 Å². The van der Waals surface area contributed by atoms with E-state index in [1.165, 1.54) is 6.07 Å². The molecule has 70 valence electrons. The Hall–Kier alpha value is -2.10. The van der Waals surface area contributed by atoms with Crippen LogP contribution in [0.1, 0.15) is 0 Å². The third kappa shape index (κ3) is 1.37. The van der Waals surface area contributed by atoms with Crippen molar-refractivity contribution < 1.29 is 14.6 Å². The molecule has 0 aliphatic rings. The highest BCUT2D eigenvalue weighted by molar-refractivity contribution is 5.84. The summed E-state index contributed by atoms with van der Waals surface area (Å²) < 4.78 is 4.57. The Balaban J connectivity index is 2.63. The van der Waals surface area contributed by atoms with E-state index in [4.69, 9.17) is 0 Å². The number of nitrogens with zero attached hydrogens (tertiary/aromatic N) is 1. The van der Waals surface area contributed by atoms with Crippen molar-refractivity contribution in [1.29, 1.82) is 0 Å². The number of para-hydroxylation sites is 1. The number of rotatable bonds is 2. The molecule has 1 heterocycles. The van der Waals surface area contributed by atoms with Crippen LogP contribution in [-0.2, 0) is 4.79 Å². The number of aromatic hydroxyl groups is 1. The highest BCUT2D eigenvalue weighted by atomic mass is 16.5. The Kier molecular flexibility index (Phi) is 2.02. The molecule has 0 aliphatic carbocycles. The first kappa shape index (κ1) is 8.50. The minimum absolute atomic E-state index is 0.0684. The molecular formula is C10H7NO3. The van der Waals surface area contributed by atoms with Gasteiger partial charge in [-0.05, 0) is 12.1 Å². The van der Waals surface area contributed by atoms with E-state index >= 15 is 0 Å². The van der Waals surface area contributed by atoms with Gasteiger partial charge in [0.1, 0.15) is 11.3 Å². The Bertz CT molecular complexity index is 482. The third-order valence-corrected chi connectivity index (χ3v) is 1.84. The number of aromatic nitrogens is 1. The summed E-state index contributed by atoms with van der Waals surface area (Å²) in [6.07, 6.45) is 0. The van der Waals surface area contributed by atoms with Gasteiger partial charge in [-0.3, -0.25) is 4.79 Å². The monoisotopic (exact) mass is 189 g/mol. The molecule has 1 aromatic carbocycles. The van der Waals surface area contributed by atoms with E-state index in [9.17, 15) is 9.90 Å². The highest BCUT2D eigenvalue weighted by Crippen LogP contribution is 2.24. The largest absolute Gasteiger partial charge is 0.506 e. The fourth-order valence-electron chi connectivity index (χ4n) is 1.23. The normalized spacial score (nSPS) is 10.0. The molecule has 0 unspecified atom stereocenters. The zero-order valence-corrected chi connectivity index (χ0v) is 7.18. The predicted molar refractivity (Wildman–Crippen MR) is 50.1 cm³/mol. The van der Waals surface area contributed by atoms with Crippen LogP contribution in [0.4, 0.5) is 0 Å². The van der Waals surface area contributed by atoms with Crippen molar-refractivity contribution in [3.8, 4) is 11.6 Å². The SMILES string of the molecule is O=COc1ccc2cccc(O)c2n1. The van der Waals surface area contributed by atoms with Crippen LogP contribution >= 0.6 is 0 Å². The molecule has 14 heavy (non-hydrogen) atoms. The standard InChI is InChI=1S/C10H7NO3/c12-6-14-9-5-4-7-2-1-3-8(13)10(7)11-9/h1-6,13H. The summed E-state index contributed by atoms with van der Waals surface area (Å²) in [5.74, 6) is 0.243. The van der Waals surface area contributed by atoms with Crippen molar-refractivity contribution >= 4 is 17.4 Å². The van der Waals surface area contributed by atoms with Gasteiger partial charge >= 0.3 is 0 Å². The van der Waals surface area contributed by atoms with E-state index in [0.29, 0.717) is 12.0 Å². The lowest BCUT2D eigenvalue weighted by Gasteiger charge is -2.01. The fraction of sp³-hybridized carbons (Fsp3) is 0. The molecule has 0 fully saturated rings. The quantitative estimate of drug-likeness (QED) is 0.727. The predicted octanol–water partition coefficient (Wildman–Crippen LogP) is 1.48. The number of fused-ring (bicyclic) bond motifs is 1. The summed E-state index contributed by atoms with van der Waals surface area (Å²) in [5, 5.41) is 10.3. The maximum Gasteiger partial charge on any atom is 0.299 e. The summed E-state index contributed by atoms with van der Waals surface area (Å²) in [5.41, 5.74) is 0.423. The first-order valence-corrected chi connectivity index (χ1v) is 4.00. The number of hydrogen-bond donors (Lipinski definition) is 1. The van der Waals surface area contributed by atoms with Gasteiger partial charge in [-0.1, -0.05) is 12.1 Å². The summed E-state index contributed by atoms with van der Waals surface area (Å²) in [6, 6.07) is 8.35.